The molecule has 0 bridgehead atoms. The van der Waals surface area contributed by atoms with E-state index in [1.165, 1.54) is 6.07 Å². The Labute approximate surface area is 187 Å². The minimum absolute atomic E-state index is 0.307. The minimum Gasteiger partial charge on any atom is -0.444 e. The third kappa shape index (κ3) is 4.56. The number of rotatable bonds is 3. The van der Waals surface area contributed by atoms with Gasteiger partial charge in [0.2, 0.25) is 0 Å². The molecular formula is C25H27FN4O2. The molecule has 0 unspecified atom stereocenters. The first-order valence-electron chi connectivity index (χ1n) is 10.7. The predicted molar refractivity (Wildman–Crippen MR) is 125 cm³/mol. The van der Waals surface area contributed by atoms with Gasteiger partial charge >= 0.3 is 6.09 Å². The Hall–Kier alpha value is -3.48. The molecule has 1 fully saturated rings. The van der Waals surface area contributed by atoms with Crippen molar-refractivity contribution < 1.29 is 13.9 Å². The van der Waals surface area contributed by atoms with Crippen LogP contribution in [0.1, 0.15) is 26.3 Å². The van der Waals surface area contributed by atoms with E-state index in [0.717, 1.165) is 27.6 Å². The fourth-order valence-electron chi connectivity index (χ4n) is 3.82. The number of carbonyl (C=O) groups is 1. The van der Waals surface area contributed by atoms with Gasteiger partial charge in [0.25, 0.3) is 0 Å². The van der Waals surface area contributed by atoms with E-state index >= 15 is 4.39 Å². The van der Waals surface area contributed by atoms with E-state index in [4.69, 9.17) is 4.74 Å². The van der Waals surface area contributed by atoms with Crippen LogP contribution in [0.5, 0.6) is 0 Å². The summed E-state index contributed by atoms with van der Waals surface area (Å²) in [6, 6.07) is 11.0. The van der Waals surface area contributed by atoms with Crippen molar-refractivity contribution in [3.8, 4) is 11.1 Å². The fraction of sp³-hybridized carbons (Fsp3) is 0.320. The lowest BCUT2D eigenvalue weighted by molar-refractivity contribution is 0.0240. The van der Waals surface area contributed by atoms with Crippen molar-refractivity contribution in [1.82, 2.24) is 15.1 Å². The summed E-state index contributed by atoms with van der Waals surface area (Å²) < 4.78 is 20.6. The third-order valence-electron chi connectivity index (χ3n) is 5.43. The second-order valence-corrected chi connectivity index (χ2v) is 8.86. The lowest BCUT2D eigenvalue weighted by Crippen LogP contribution is -2.50. The van der Waals surface area contributed by atoms with Crippen molar-refractivity contribution >= 4 is 28.8 Å². The summed E-state index contributed by atoms with van der Waals surface area (Å²) in [5.41, 5.74) is 3.26. The summed E-state index contributed by atoms with van der Waals surface area (Å²) in [7, 11) is 0. The largest absolute Gasteiger partial charge is 0.444 e. The molecule has 0 atom stereocenters. The third-order valence-corrected chi connectivity index (χ3v) is 5.43. The quantitative estimate of drug-likeness (QED) is 0.572. The van der Waals surface area contributed by atoms with E-state index < -0.39 is 5.60 Å². The number of fused-ring (bicyclic) bond motifs is 1. The Balaban J connectivity index is 1.53. The van der Waals surface area contributed by atoms with Crippen molar-refractivity contribution in [3.63, 3.8) is 0 Å². The Morgan fingerprint density at radius 2 is 1.88 bits per heavy atom. The number of hydrogen-bond donors (Lipinski definition) is 0. The molecule has 0 saturated carbocycles. The van der Waals surface area contributed by atoms with Gasteiger partial charge in [0, 0.05) is 37.1 Å². The van der Waals surface area contributed by atoms with Crippen LogP contribution in [0.4, 0.5) is 14.9 Å². The fourth-order valence-corrected chi connectivity index (χ4v) is 3.82. The molecule has 166 valence electrons. The van der Waals surface area contributed by atoms with Gasteiger partial charge in [-0.3, -0.25) is 0 Å². The number of benzene rings is 2. The molecule has 6 nitrogen and oxygen atoms in total. The molecule has 0 spiro atoms. The topological polar surface area (TPSA) is 58.6 Å². The van der Waals surface area contributed by atoms with Gasteiger partial charge in [-0.1, -0.05) is 24.8 Å². The number of piperazine rings is 1. The summed E-state index contributed by atoms with van der Waals surface area (Å²) in [5.74, 6) is -0.307. The maximum absolute atomic E-state index is 15.1. The monoisotopic (exact) mass is 434 g/mol. The summed E-state index contributed by atoms with van der Waals surface area (Å²) >= 11 is 0. The molecule has 1 aromatic heterocycles. The summed E-state index contributed by atoms with van der Waals surface area (Å²) in [6.45, 7) is 11.4. The number of halogens is 1. The second kappa shape index (κ2) is 8.57. The molecule has 3 aromatic rings. The summed E-state index contributed by atoms with van der Waals surface area (Å²) in [6.07, 6.45) is 3.09. The minimum atomic E-state index is -0.533. The van der Waals surface area contributed by atoms with Gasteiger partial charge in [-0.05, 0) is 56.2 Å². The maximum Gasteiger partial charge on any atom is 0.410 e. The van der Waals surface area contributed by atoms with Crippen LogP contribution in [-0.4, -0.2) is 53.0 Å². The number of nitrogens with zero attached hydrogens (tertiary/aromatic N) is 4. The average Bonchev–Trinajstić information content (AvgIpc) is 2.77. The number of anilines is 1. The molecule has 2 heterocycles. The molecule has 1 saturated heterocycles. The summed E-state index contributed by atoms with van der Waals surface area (Å²) in [5, 5.41) is 9.15. The number of aromatic nitrogens is 2. The Morgan fingerprint density at radius 3 is 2.53 bits per heavy atom. The number of amides is 1. The van der Waals surface area contributed by atoms with E-state index in [1.54, 1.807) is 23.2 Å². The Morgan fingerprint density at radius 1 is 1.12 bits per heavy atom. The van der Waals surface area contributed by atoms with E-state index in [0.29, 0.717) is 31.9 Å². The molecule has 2 aromatic carbocycles. The van der Waals surface area contributed by atoms with Gasteiger partial charge < -0.3 is 14.5 Å². The van der Waals surface area contributed by atoms with E-state index in [-0.39, 0.29) is 11.9 Å². The predicted octanol–water partition coefficient (Wildman–Crippen LogP) is 5.14. The highest BCUT2D eigenvalue weighted by atomic mass is 19.1. The highest BCUT2D eigenvalue weighted by molar-refractivity contribution is 5.95. The lowest BCUT2D eigenvalue weighted by Gasteiger charge is -2.36. The van der Waals surface area contributed by atoms with Crippen molar-refractivity contribution in [1.29, 1.82) is 0 Å². The van der Waals surface area contributed by atoms with Crippen LogP contribution >= 0.6 is 0 Å². The van der Waals surface area contributed by atoms with Gasteiger partial charge in [0.05, 0.1) is 17.4 Å². The zero-order chi connectivity index (χ0) is 22.9. The molecule has 1 aliphatic heterocycles. The molecule has 32 heavy (non-hydrogen) atoms. The molecule has 0 radical (unpaired) electrons. The van der Waals surface area contributed by atoms with E-state index in [9.17, 15) is 4.79 Å². The van der Waals surface area contributed by atoms with Crippen molar-refractivity contribution in [2.75, 3.05) is 31.1 Å². The molecule has 4 rings (SSSR count). The second-order valence-electron chi connectivity index (χ2n) is 8.86. The zero-order valence-electron chi connectivity index (χ0n) is 18.6. The molecule has 1 aliphatic rings. The van der Waals surface area contributed by atoms with Gasteiger partial charge in [-0.2, -0.15) is 10.2 Å². The highest BCUT2D eigenvalue weighted by Gasteiger charge is 2.27. The maximum atomic E-state index is 15.1. The van der Waals surface area contributed by atoms with E-state index in [1.807, 2.05) is 49.9 Å². The molecule has 7 heteroatoms. The molecule has 0 N–H and O–H groups in total. The highest BCUT2D eigenvalue weighted by Crippen LogP contribution is 2.31. The van der Waals surface area contributed by atoms with Crippen molar-refractivity contribution in [2.45, 2.75) is 26.4 Å². The first kappa shape index (κ1) is 21.7. The number of carbonyl (C=O) groups excluding carboxylic acids is 1. The lowest BCUT2D eigenvalue weighted by atomic mass is 10.0. The van der Waals surface area contributed by atoms with Crippen LogP contribution in [0.25, 0.3) is 28.1 Å². The normalized spacial score (nSPS) is 14.5. The van der Waals surface area contributed by atoms with Crippen LogP contribution in [0, 0.1) is 5.82 Å². The first-order valence-corrected chi connectivity index (χ1v) is 10.7. The van der Waals surface area contributed by atoms with Crippen LogP contribution in [0.3, 0.4) is 0 Å². The zero-order valence-corrected chi connectivity index (χ0v) is 18.6. The van der Waals surface area contributed by atoms with Gasteiger partial charge in [0.15, 0.2) is 0 Å². The van der Waals surface area contributed by atoms with Gasteiger partial charge in [0.1, 0.15) is 11.4 Å². The molecule has 1 amide bonds. The van der Waals surface area contributed by atoms with Crippen LogP contribution in [-0.2, 0) is 4.74 Å². The van der Waals surface area contributed by atoms with Crippen molar-refractivity contribution in [3.05, 3.63) is 60.6 Å². The van der Waals surface area contributed by atoms with Crippen LogP contribution < -0.4 is 4.90 Å². The Kier molecular flexibility index (Phi) is 5.82. The smallest absolute Gasteiger partial charge is 0.410 e. The van der Waals surface area contributed by atoms with Crippen LogP contribution in [0.15, 0.2) is 49.2 Å². The molecule has 0 aliphatic carbocycles. The van der Waals surface area contributed by atoms with Crippen LogP contribution in [0.2, 0.25) is 0 Å². The van der Waals surface area contributed by atoms with Crippen molar-refractivity contribution in [2.24, 2.45) is 0 Å². The molecular weight excluding hydrogens is 407 g/mol. The van der Waals surface area contributed by atoms with E-state index in [2.05, 4.69) is 16.8 Å². The van der Waals surface area contributed by atoms with Gasteiger partial charge in [-0.15, -0.1) is 0 Å². The average molecular weight is 435 g/mol. The Bertz CT molecular complexity index is 1160. The first-order chi connectivity index (χ1) is 15.2. The number of hydrogen-bond acceptors (Lipinski definition) is 5. The SMILES string of the molecule is C=Cc1ccc2nncc(-c3ccc(N4CCN(C(=O)OC(C)(C)C)CC4)c(F)c3)c2c1. The van der Waals surface area contributed by atoms with Gasteiger partial charge in [-0.25, -0.2) is 9.18 Å². The summed E-state index contributed by atoms with van der Waals surface area (Å²) in [4.78, 5) is 15.9. The number of ether oxygens (including phenoxy) is 1. The standard InChI is InChI=1S/C25H27FN4O2/c1-5-17-6-8-22-19(14-17)20(16-27-28-22)18-7-9-23(21(26)15-18)29-10-12-30(13-11-29)24(31)32-25(2,3)4/h5-9,14-16H,1,10-13H2,2-4H3.